The maximum absolute atomic E-state index is 4.34. The van der Waals surface area contributed by atoms with Crippen molar-refractivity contribution in [2.24, 2.45) is 5.92 Å². The van der Waals surface area contributed by atoms with E-state index in [-0.39, 0.29) is 0 Å². The molecule has 0 radical (unpaired) electrons. The zero-order valence-electron chi connectivity index (χ0n) is 12.1. The molecule has 0 spiro atoms. The number of nitrogens with zero attached hydrogens (tertiary/aromatic N) is 3. The topological polar surface area (TPSA) is 62.7 Å². The molecule has 0 bridgehead atoms. The Hall–Kier alpha value is -2.01. The van der Waals surface area contributed by atoms with Gasteiger partial charge in [-0.25, -0.2) is 9.97 Å². The summed E-state index contributed by atoms with van der Waals surface area (Å²) in [6, 6.07) is 4.20. The quantitative estimate of drug-likeness (QED) is 0.883. The van der Waals surface area contributed by atoms with E-state index < -0.39 is 0 Å². The van der Waals surface area contributed by atoms with Crippen LogP contribution in [-0.2, 0) is 6.42 Å². The summed E-state index contributed by atoms with van der Waals surface area (Å²) in [4.78, 5) is 12.6. The molecule has 3 rings (SSSR count). The highest BCUT2D eigenvalue weighted by molar-refractivity contribution is 5.50. The predicted octanol–water partition coefficient (Wildman–Crippen LogP) is 2.55. The molecule has 2 aromatic heterocycles. The second-order valence-corrected chi connectivity index (χ2v) is 5.52. The Labute approximate surface area is 125 Å². The summed E-state index contributed by atoms with van der Waals surface area (Å²) in [5, 5.41) is 6.66. The van der Waals surface area contributed by atoms with Gasteiger partial charge in [-0.1, -0.05) is 0 Å². The third-order valence-corrected chi connectivity index (χ3v) is 3.88. The first kappa shape index (κ1) is 13.9. The molecule has 0 aromatic carbocycles. The van der Waals surface area contributed by atoms with Crippen molar-refractivity contribution in [3.63, 3.8) is 0 Å². The summed E-state index contributed by atoms with van der Waals surface area (Å²) >= 11 is 0. The fraction of sp³-hybridized carbons (Fsp3) is 0.438. The van der Waals surface area contributed by atoms with Crippen molar-refractivity contribution in [3.05, 3.63) is 42.5 Å². The molecule has 5 nitrogen and oxygen atoms in total. The monoisotopic (exact) mass is 283 g/mol. The largest absolute Gasteiger partial charge is 0.324 e. The second-order valence-electron chi connectivity index (χ2n) is 5.52. The fourth-order valence-corrected chi connectivity index (χ4v) is 2.73. The average Bonchev–Trinajstić information content (AvgIpc) is 2.55. The number of rotatable bonds is 5. The summed E-state index contributed by atoms with van der Waals surface area (Å²) in [5.74, 6) is 2.36. The SMILES string of the molecule is c1cnc(Nc2cc(CC[C@H]3CCCNC3)ccn2)cn1. The number of aryl methyl sites for hydroxylation is 1. The molecule has 110 valence electrons. The van der Waals surface area contributed by atoms with E-state index in [9.17, 15) is 0 Å². The van der Waals surface area contributed by atoms with Gasteiger partial charge in [-0.3, -0.25) is 4.98 Å². The molecular weight excluding hydrogens is 262 g/mol. The van der Waals surface area contributed by atoms with Crippen molar-refractivity contribution < 1.29 is 0 Å². The van der Waals surface area contributed by atoms with Crippen LogP contribution < -0.4 is 10.6 Å². The van der Waals surface area contributed by atoms with Gasteiger partial charge in [0.25, 0.3) is 0 Å². The van der Waals surface area contributed by atoms with Crippen molar-refractivity contribution in [1.82, 2.24) is 20.3 Å². The number of aromatic nitrogens is 3. The van der Waals surface area contributed by atoms with E-state index in [1.807, 2.05) is 6.20 Å². The van der Waals surface area contributed by atoms with Crippen molar-refractivity contribution in [2.75, 3.05) is 18.4 Å². The normalized spacial score (nSPS) is 18.4. The number of nitrogens with one attached hydrogen (secondary N) is 2. The smallest absolute Gasteiger partial charge is 0.150 e. The van der Waals surface area contributed by atoms with E-state index in [1.54, 1.807) is 18.6 Å². The summed E-state index contributed by atoms with van der Waals surface area (Å²) in [6.07, 6.45) is 11.9. The Bertz CT molecular complexity index is 552. The van der Waals surface area contributed by atoms with E-state index in [4.69, 9.17) is 0 Å². The third kappa shape index (κ3) is 4.23. The van der Waals surface area contributed by atoms with Crippen molar-refractivity contribution in [1.29, 1.82) is 0 Å². The minimum absolute atomic E-state index is 0.721. The van der Waals surface area contributed by atoms with Crippen LogP contribution in [0.3, 0.4) is 0 Å². The van der Waals surface area contributed by atoms with E-state index in [1.165, 1.54) is 31.4 Å². The first-order valence-electron chi connectivity index (χ1n) is 7.59. The van der Waals surface area contributed by atoms with Crippen LogP contribution in [0.2, 0.25) is 0 Å². The zero-order chi connectivity index (χ0) is 14.3. The number of hydrogen-bond donors (Lipinski definition) is 2. The first-order valence-corrected chi connectivity index (χ1v) is 7.59. The molecule has 2 aromatic rings. The molecule has 3 heterocycles. The summed E-state index contributed by atoms with van der Waals surface area (Å²) in [7, 11) is 0. The molecule has 0 amide bonds. The maximum atomic E-state index is 4.34. The highest BCUT2D eigenvalue weighted by Gasteiger charge is 2.12. The van der Waals surface area contributed by atoms with Gasteiger partial charge in [-0.15, -0.1) is 0 Å². The van der Waals surface area contributed by atoms with Gasteiger partial charge < -0.3 is 10.6 Å². The van der Waals surface area contributed by atoms with Gasteiger partial charge in [0.15, 0.2) is 0 Å². The highest BCUT2D eigenvalue weighted by atomic mass is 15.1. The van der Waals surface area contributed by atoms with Gasteiger partial charge in [0.2, 0.25) is 0 Å². The third-order valence-electron chi connectivity index (χ3n) is 3.88. The molecule has 1 atom stereocenters. The molecule has 1 aliphatic heterocycles. The lowest BCUT2D eigenvalue weighted by molar-refractivity contribution is 0.358. The van der Waals surface area contributed by atoms with Crippen LogP contribution >= 0.6 is 0 Å². The van der Waals surface area contributed by atoms with E-state index in [2.05, 4.69) is 37.7 Å². The Morgan fingerprint density at radius 2 is 2.14 bits per heavy atom. The molecular formula is C16H21N5. The standard InChI is InChI=1S/C16H21N5/c1-2-14(11-17-6-1)4-3-13-5-7-19-15(10-13)21-16-12-18-8-9-20-16/h5,7-10,12,14,17H,1-4,6,11H2,(H,19,20,21)/t14-/m1/s1. The molecule has 5 heteroatoms. The fourth-order valence-electron chi connectivity index (χ4n) is 2.73. The van der Waals surface area contributed by atoms with E-state index in [0.717, 1.165) is 30.5 Å². The molecule has 1 fully saturated rings. The minimum atomic E-state index is 0.721. The number of anilines is 2. The van der Waals surface area contributed by atoms with Gasteiger partial charge in [0.1, 0.15) is 11.6 Å². The highest BCUT2D eigenvalue weighted by Crippen LogP contribution is 2.19. The Morgan fingerprint density at radius 1 is 1.19 bits per heavy atom. The molecule has 0 aliphatic carbocycles. The van der Waals surface area contributed by atoms with Crippen LogP contribution in [0.15, 0.2) is 36.9 Å². The van der Waals surface area contributed by atoms with E-state index in [0.29, 0.717) is 0 Å². The number of pyridine rings is 1. The van der Waals surface area contributed by atoms with Gasteiger partial charge in [-0.2, -0.15) is 0 Å². The van der Waals surface area contributed by atoms with Crippen LogP contribution in [-0.4, -0.2) is 28.0 Å². The molecule has 2 N–H and O–H groups in total. The van der Waals surface area contributed by atoms with Crippen LogP contribution in [0.4, 0.5) is 11.6 Å². The molecule has 21 heavy (non-hydrogen) atoms. The van der Waals surface area contributed by atoms with Crippen LogP contribution in [0.25, 0.3) is 0 Å². The summed E-state index contributed by atoms with van der Waals surface area (Å²) in [5.41, 5.74) is 1.32. The minimum Gasteiger partial charge on any atom is -0.324 e. The molecule has 0 saturated carbocycles. The Balaban J connectivity index is 1.57. The average molecular weight is 283 g/mol. The Morgan fingerprint density at radius 3 is 2.95 bits per heavy atom. The zero-order valence-corrected chi connectivity index (χ0v) is 12.1. The number of piperidine rings is 1. The van der Waals surface area contributed by atoms with Crippen molar-refractivity contribution >= 4 is 11.6 Å². The molecule has 1 aliphatic rings. The lowest BCUT2D eigenvalue weighted by atomic mass is 9.93. The van der Waals surface area contributed by atoms with Gasteiger partial charge >= 0.3 is 0 Å². The van der Waals surface area contributed by atoms with Crippen molar-refractivity contribution in [3.8, 4) is 0 Å². The van der Waals surface area contributed by atoms with E-state index >= 15 is 0 Å². The molecule has 1 saturated heterocycles. The summed E-state index contributed by atoms with van der Waals surface area (Å²) < 4.78 is 0. The maximum Gasteiger partial charge on any atom is 0.150 e. The molecule has 0 unspecified atom stereocenters. The van der Waals surface area contributed by atoms with Crippen molar-refractivity contribution in [2.45, 2.75) is 25.7 Å². The van der Waals surface area contributed by atoms with Gasteiger partial charge in [-0.05, 0) is 62.4 Å². The van der Waals surface area contributed by atoms with Gasteiger partial charge in [0.05, 0.1) is 6.20 Å². The second kappa shape index (κ2) is 7.13. The lowest BCUT2D eigenvalue weighted by Crippen LogP contribution is -2.29. The predicted molar refractivity (Wildman–Crippen MR) is 83.5 cm³/mol. The van der Waals surface area contributed by atoms with Crippen LogP contribution in [0.5, 0.6) is 0 Å². The number of hydrogen-bond acceptors (Lipinski definition) is 5. The van der Waals surface area contributed by atoms with Gasteiger partial charge in [0, 0.05) is 18.6 Å². The lowest BCUT2D eigenvalue weighted by Gasteiger charge is -2.22. The van der Waals surface area contributed by atoms with Crippen LogP contribution in [0.1, 0.15) is 24.8 Å². The van der Waals surface area contributed by atoms with Crippen LogP contribution in [0, 0.1) is 5.92 Å². The first-order chi connectivity index (χ1) is 10.4. The Kier molecular flexibility index (Phi) is 4.74. The summed E-state index contributed by atoms with van der Waals surface area (Å²) in [6.45, 7) is 2.34.